The average molecular weight is 430 g/mol. The van der Waals surface area contributed by atoms with E-state index in [1.54, 1.807) is 24.5 Å². The molecular weight excluding hydrogens is 406 g/mol. The maximum Gasteiger partial charge on any atom is 0.251 e. The third-order valence-corrected chi connectivity index (χ3v) is 5.59. The van der Waals surface area contributed by atoms with Gasteiger partial charge in [0.15, 0.2) is 0 Å². The van der Waals surface area contributed by atoms with E-state index >= 15 is 0 Å². The predicted octanol–water partition coefficient (Wildman–Crippen LogP) is 5.92. The first kappa shape index (κ1) is 20.6. The number of aromatic nitrogens is 1. The fourth-order valence-electron chi connectivity index (χ4n) is 3.29. The van der Waals surface area contributed by atoms with Crippen molar-refractivity contribution in [1.82, 2.24) is 4.98 Å². The molecule has 6 heteroatoms. The van der Waals surface area contributed by atoms with Crippen LogP contribution in [-0.4, -0.2) is 18.0 Å². The van der Waals surface area contributed by atoms with Gasteiger partial charge in [-0.1, -0.05) is 48.5 Å². The molecule has 31 heavy (non-hydrogen) atoms. The normalized spacial score (nSPS) is 11.5. The number of carbonyl (C=O) groups is 1. The van der Waals surface area contributed by atoms with Gasteiger partial charge in [0.05, 0.1) is 17.8 Å². The molecule has 0 saturated carbocycles. The number of anilines is 2. The van der Waals surface area contributed by atoms with Crippen LogP contribution < -0.4 is 15.4 Å². The van der Waals surface area contributed by atoms with E-state index in [0.29, 0.717) is 11.4 Å². The summed E-state index contributed by atoms with van der Waals surface area (Å²) in [4.78, 5) is 17.8. The van der Waals surface area contributed by atoms with Gasteiger partial charge in [-0.3, -0.25) is 4.79 Å². The maximum atomic E-state index is 13.3. The Hall–Kier alpha value is -3.64. The van der Waals surface area contributed by atoms with E-state index in [2.05, 4.69) is 15.6 Å². The number of thiazole rings is 1. The molecule has 156 valence electrons. The largest absolute Gasteiger partial charge is 0.497 e. The van der Waals surface area contributed by atoms with Gasteiger partial charge in [0.25, 0.3) is 5.91 Å². The zero-order valence-corrected chi connectivity index (χ0v) is 18.1. The smallest absolute Gasteiger partial charge is 0.251 e. The van der Waals surface area contributed by atoms with Crippen LogP contribution in [0.2, 0.25) is 0 Å². The Morgan fingerprint density at radius 3 is 2.48 bits per heavy atom. The molecule has 1 heterocycles. The molecule has 2 N–H and O–H groups in total. The molecule has 4 aromatic rings. The number of methoxy groups -OCH3 is 1. The van der Waals surface area contributed by atoms with E-state index in [-0.39, 0.29) is 5.91 Å². The Morgan fingerprint density at radius 1 is 0.968 bits per heavy atom. The molecule has 0 aliphatic carbocycles. The number of aryl methyl sites for hydroxylation is 1. The van der Waals surface area contributed by atoms with Crippen LogP contribution in [0.1, 0.15) is 16.6 Å². The van der Waals surface area contributed by atoms with Crippen LogP contribution in [0.3, 0.4) is 0 Å². The summed E-state index contributed by atoms with van der Waals surface area (Å²) in [6.45, 7) is 1.99. The highest BCUT2D eigenvalue weighted by atomic mass is 32.1. The van der Waals surface area contributed by atoms with Crippen LogP contribution in [-0.2, 0) is 4.79 Å². The van der Waals surface area contributed by atoms with Gasteiger partial charge in [-0.25, -0.2) is 4.98 Å². The second kappa shape index (κ2) is 9.45. The molecule has 0 fully saturated rings. The third kappa shape index (κ3) is 5.10. The van der Waals surface area contributed by atoms with Crippen molar-refractivity contribution in [2.45, 2.75) is 13.0 Å². The van der Waals surface area contributed by atoms with E-state index < -0.39 is 6.04 Å². The van der Waals surface area contributed by atoms with Crippen molar-refractivity contribution in [2.75, 3.05) is 17.7 Å². The Labute approximate surface area is 185 Å². The first-order chi connectivity index (χ1) is 15.1. The van der Waals surface area contributed by atoms with E-state index in [1.165, 1.54) is 0 Å². The number of ether oxygens (including phenoxy) is 1. The lowest BCUT2D eigenvalue weighted by Crippen LogP contribution is -2.27. The van der Waals surface area contributed by atoms with Crippen LogP contribution >= 0.6 is 11.3 Å². The van der Waals surface area contributed by atoms with Crippen LogP contribution in [0, 0.1) is 6.92 Å². The summed E-state index contributed by atoms with van der Waals surface area (Å²) < 4.78 is 5.26. The molecule has 0 aliphatic heterocycles. The van der Waals surface area contributed by atoms with Gasteiger partial charge in [-0.2, -0.15) is 0 Å². The summed E-state index contributed by atoms with van der Waals surface area (Å²) in [5, 5.41) is 9.45. The molecule has 1 amide bonds. The third-order valence-electron chi connectivity index (χ3n) is 4.82. The summed E-state index contributed by atoms with van der Waals surface area (Å²) in [5.74, 6) is 0.530. The van der Waals surface area contributed by atoms with Gasteiger partial charge in [0.2, 0.25) is 0 Å². The highest BCUT2D eigenvalue weighted by Gasteiger charge is 2.21. The highest BCUT2D eigenvalue weighted by Crippen LogP contribution is 2.27. The van der Waals surface area contributed by atoms with Crippen LogP contribution in [0.25, 0.3) is 11.3 Å². The summed E-state index contributed by atoms with van der Waals surface area (Å²) in [6, 6.07) is 24.4. The Balaban J connectivity index is 1.61. The van der Waals surface area contributed by atoms with Gasteiger partial charge >= 0.3 is 0 Å². The minimum Gasteiger partial charge on any atom is -0.497 e. The fourth-order valence-corrected chi connectivity index (χ4v) is 3.91. The van der Waals surface area contributed by atoms with Gasteiger partial charge < -0.3 is 15.4 Å². The lowest BCUT2D eigenvalue weighted by molar-refractivity contribution is -0.117. The van der Waals surface area contributed by atoms with E-state index in [4.69, 9.17) is 4.74 Å². The second-order valence-electron chi connectivity index (χ2n) is 7.04. The molecular formula is C25H23N3O2S. The first-order valence-electron chi connectivity index (χ1n) is 9.91. The van der Waals surface area contributed by atoms with Gasteiger partial charge in [0.1, 0.15) is 11.8 Å². The number of amides is 1. The predicted molar refractivity (Wildman–Crippen MR) is 127 cm³/mol. The van der Waals surface area contributed by atoms with Gasteiger partial charge in [0, 0.05) is 28.4 Å². The molecule has 0 radical (unpaired) electrons. The summed E-state index contributed by atoms with van der Waals surface area (Å²) in [7, 11) is 1.60. The first-order valence-corrected chi connectivity index (χ1v) is 10.8. The minimum atomic E-state index is -0.570. The summed E-state index contributed by atoms with van der Waals surface area (Å²) in [6.07, 6.45) is 0. The topological polar surface area (TPSA) is 63.2 Å². The molecule has 5 nitrogen and oxygen atoms in total. The lowest BCUT2D eigenvalue weighted by Gasteiger charge is -2.20. The Morgan fingerprint density at radius 2 is 1.74 bits per heavy atom. The van der Waals surface area contributed by atoms with Crippen LogP contribution in [0.5, 0.6) is 5.75 Å². The number of nitrogens with one attached hydrogen (secondary N) is 2. The van der Waals surface area contributed by atoms with Crippen molar-refractivity contribution < 1.29 is 9.53 Å². The number of benzene rings is 3. The standard InChI is InChI=1S/C25H23N3O2S/c1-17-26-23(16-31-17)19-10-6-11-20(14-19)27-24(18-8-4-3-5-9-18)25(29)28-21-12-7-13-22(15-21)30-2/h3-16,24,27H,1-2H3,(H,28,29)/t24-/m1/s1. The maximum absolute atomic E-state index is 13.3. The minimum absolute atomic E-state index is 0.158. The van der Waals surface area contributed by atoms with Crippen LogP contribution in [0.4, 0.5) is 11.4 Å². The summed E-state index contributed by atoms with van der Waals surface area (Å²) >= 11 is 1.62. The summed E-state index contributed by atoms with van der Waals surface area (Å²) in [5.41, 5.74) is 4.34. The molecule has 3 aromatic carbocycles. The number of carbonyl (C=O) groups excluding carboxylic acids is 1. The molecule has 4 rings (SSSR count). The number of rotatable bonds is 7. The van der Waals surface area contributed by atoms with Gasteiger partial charge in [-0.05, 0) is 36.8 Å². The SMILES string of the molecule is COc1cccc(NC(=O)[C@H](Nc2cccc(-c3csc(C)n3)c2)c2ccccc2)c1. The molecule has 1 aromatic heterocycles. The van der Waals surface area contributed by atoms with Crippen molar-refractivity contribution in [3.8, 4) is 17.0 Å². The van der Waals surface area contributed by atoms with E-state index in [1.807, 2.05) is 85.1 Å². The lowest BCUT2D eigenvalue weighted by atomic mass is 10.0. The van der Waals surface area contributed by atoms with E-state index in [9.17, 15) is 4.79 Å². The Kier molecular flexibility index (Phi) is 6.29. The van der Waals surface area contributed by atoms with Crippen LogP contribution in [0.15, 0.2) is 84.2 Å². The quantitative estimate of drug-likeness (QED) is 0.383. The number of hydrogen-bond donors (Lipinski definition) is 2. The molecule has 0 unspecified atom stereocenters. The molecule has 0 saturated heterocycles. The fraction of sp³-hybridized carbons (Fsp3) is 0.120. The van der Waals surface area contributed by atoms with Crippen molar-refractivity contribution in [1.29, 1.82) is 0 Å². The van der Waals surface area contributed by atoms with Crippen molar-refractivity contribution in [3.63, 3.8) is 0 Å². The molecule has 1 atom stereocenters. The molecule has 0 spiro atoms. The number of hydrogen-bond acceptors (Lipinski definition) is 5. The van der Waals surface area contributed by atoms with E-state index in [0.717, 1.165) is 27.5 Å². The second-order valence-corrected chi connectivity index (χ2v) is 8.10. The zero-order chi connectivity index (χ0) is 21.6. The highest BCUT2D eigenvalue weighted by molar-refractivity contribution is 7.09. The molecule has 0 aliphatic rings. The molecule has 0 bridgehead atoms. The van der Waals surface area contributed by atoms with Crippen molar-refractivity contribution in [2.24, 2.45) is 0 Å². The average Bonchev–Trinajstić information content (AvgIpc) is 3.24. The van der Waals surface area contributed by atoms with Crippen molar-refractivity contribution >= 4 is 28.6 Å². The zero-order valence-electron chi connectivity index (χ0n) is 17.3. The van der Waals surface area contributed by atoms with Gasteiger partial charge in [-0.15, -0.1) is 11.3 Å². The monoisotopic (exact) mass is 429 g/mol. The Bertz CT molecular complexity index is 1170. The number of nitrogens with zero attached hydrogens (tertiary/aromatic N) is 1. The van der Waals surface area contributed by atoms with Crippen molar-refractivity contribution in [3.05, 3.63) is 94.8 Å².